The number of aliphatic imine (C=N–C) groups is 1. The van der Waals surface area contributed by atoms with Crippen LogP contribution in [0, 0.1) is 11.6 Å². The van der Waals surface area contributed by atoms with Crippen LogP contribution in [0.5, 0.6) is 0 Å². The van der Waals surface area contributed by atoms with Crippen molar-refractivity contribution >= 4 is 11.9 Å². The van der Waals surface area contributed by atoms with Crippen LogP contribution in [0.15, 0.2) is 59.7 Å². The molecule has 0 saturated heterocycles. The number of carbonyl (C=O) groups excluding carboxylic acids is 1. The number of alkyl halides is 2. The molecule has 158 valence electrons. The van der Waals surface area contributed by atoms with E-state index >= 15 is 0 Å². The Labute approximate surface area is 174 Å². The molecule has 1 amide bonds. The van der Waals surface area contributed by atoms with E-state index in [4.69, 9.17) is 5.73 Å². The smallest absolute Gasteiger partial charge is 0.280 e. The van der Waals surface area contributed by atoms with Gasteiger partial charge in [0.2, 0.25) is 5.54 Å². The molecule has 1 aromatic carbocycles. The van der Waals surface area contributed by atoms with Gasteiger partial charge >= 0.3 is 0 Å². The summed E-state index contributed by atoms with van der Waals surface area (Å²) in [4.78, 5) is 26.3. The van der Waals surface area contributed by atoms with Crippen LogP contribution in [0.3, 0.4) is 0 Å². The molecule has 0 aliphatic carbocycles. The fourth-order valence-electron chi connectivity index (χ4n) is 3.43. The summed E-state index contributed by atoms with van der Waals surface area (Å²) in [5.41, 5.74) is 2.74. The first kappa shape index (κ1) is 20.5. The number of pyridine rings is 2. The first-order chi connectivity index (χ1) is 14.8. The van der Waals surface area contributed by atoms with Crippen molar-refractivity contribution in [2.75, 3.05) is 7.05 Å². The summed E-state index contributed by atoms with van der Waals surface area (Å²) < 4.78 is 55.8. The second kappa shape index (κ2) is 7.46. The molecule has 2 N–H and O–H groups in total. The van der Waals surface area contributed by atoms with Crippen molar-refractivity contribution in [1.29, 1.82) is 0 Å². The Balaban J connectivity index is 2.02. The number of benzene rings is 1. The molecule has 31 heavy (non-hydrogen) atoms. The molecule has 6 nitrogen and oxygen atoms in total. The molecule has 2 aromatic heterocycles. The van der Waals surface area contributed by atoms with Gasteiger partial charge < -0.3 is 5.73 Å². The number of guanidine groups is 1. The van der Waals surface area contributed by atoms with Crippen molar-refractivity contribution in [3.05, 3.63) is 83.3 Å². The zero-order valence-corrected chi connectivity index (χ0v) is 16.1. The number of aromatic nitrogens is 2. The van der Waals surface area contributed by atoms with E-state index in [1.807, 2.05) is 0 Å². The molecule has 4 rings (SSSR count). The van der Waals surface area contributed by atoms with Crippen LogP contribution in [-0.4, -0.2) is 33.8 Å². The Bertz CT molecular complexity index is 1200. The van der Waals surface area contributed by atoms with Gasteiger partial charge in [-0.3, -0.25) is 14.7 Å². The van der Waals surface area contributed by atoms with E-state index in [1.165, 1.54) is 37.5 Å². The molecule has 3 heterocycles. The third-order valence-electron chi connectivity index (χ3n) is 4.99. The first-order valence-corrected chi connectivity index (χ1v) is 9.05. The van der Waals surface area contributed by atoms with Gasteiger partial charge in [0, 0.05) is 18.8 Å². The van der Waals surface area contributed by atoms with E-state index in [-0.39, 0.29) is 28.5 Å². The predicted molar refractivity (Wildman–Crippen MR) is 104 cm³/mol. The summed E-state index contributed by atoms with van der Waals surface area (Å²) in [5, 5.41) is 0. The number of amides is 1. The summed E-state index contributed by atoms with van der Waals surface area (Å²) in [5.74, 6) is -3.42. The maximum atomic E-state index is 14.6. The van der Waals surface area contributed by atoms with Gasteiger partial charge in [-0.15, -0.1) is 0 Å². The predicted octanol–water partition coefficient (Wildman–Crippen LogP) is 3.39. The Hall–Kier alpha value is -3.82. The number of likely N-dealkylation sites (N-methyl/N-ethyl adjacent to an activating group) is 1. The number of rotatable bonds is 4. The zero-order valence-electron chi connectivity index (χ0n) is 16.1. The van der Waals surface area contributed by atoms with Gasteiger partial charge in [0.1, 0.15) is 5.69 Å². The van der Waals surface area contributed by atoms with Gasteiger partial charge in [-0.1, -0.05) is 12.1 Å². The zero-order chi connectivity index (χ0) is 22.3. The third-order valence-corrected chi connectivity index (χ3v) is 4.99. The lowest BCUT2D eigenvalue weighted by molar-refractivity contribution is -0.129. The van der Waals surface area contributed by atoms with E-state index in [0.717, 1.165) is 17.0 Å². The number of nitrogens with two attached hydrogens (primary N) is 1. The van der Waals surface area contributed by atoms with Crippen molar-refractivity contribution in [3.8, 4) is 11.3 Å². The molecule has 0 radical (unpaired) electrons. The second-order valence-corrected chi connectivity index (χ2v) is 6.83. The molecule has 0 fully saturated rings. The Morgan fingerprint density at radius 1 is 1.10 bits per heavy atom. The molecule has 1 aliphatic rings. The normalized spacial score (nSPS) is 18.6. The van der Waals surface area contributed by atoms with Crippen LogP contribution in [-0.2, 0) is 10.3 Å². The highest BCUT2D eigenvalue weighted by atomic mass is 19.3. The number of carbonyl (C=O) groups is 1. The summed E-state index contributed by atoms with van der Waals surface area (Å²) in [6.45, 7) is 0. The van der Waals surface area contributed by atoms with E-state index in [2.05, 4.69) is 15.0 Å². The fraction of sp³-hybridized carbons (Fsp3) is 0.143. The topological polar surface area (TPSA) is 84.5 Å². The van der Waals surface area contributed by atoms with Crippen LogP contribution < -0.4 is 5.73 Å². The molecule has 0 spiro atoms. The van der Waals surface area contributed by atoms with E-state index in [0.29, 0.717) is 0 Å². The van der Waals surface area contributed by atoms with E-state index in [1.54, 1.807) is 12.1 Å². The standard InChI is InChI=1S/C21H15F4N5O/c1-30-19(31)21(29-20(30)26,16-7-4-6-15(28-16)18(24)25)11-9-12(17(23)13(22)10-11)14-5-2-3-8-27-14/h2-10,18H,1H3,(H2,26,29). The van der Waals surface area contributed by atoms with Crippen LogP contribution in [0.25, 0.3) is 11.3 Å². The molecular formula is C21H15F4N5O. The monoisotopic (exact) mass is 429 g/mol. The molecule has 0 bridgehead atoms. The van der Waals surface area contributed by atoms with Gasteiger partial charge in [-0.2, -0.15) is 0 Å². The Kier molecular flexibility index (Phi) is 4.92. The lowest BCUT2D eigenvalue weighted by Gasteiger charge is -2.26. The number of halogens is 4. The molecule has 1 unspecified atom stereocenters. The van der Waals surface area contributed by atoms with Crippen LogP contribution in [0.1, 0.15) is 23.4 Å². The first-order valence-electron chi connectivity index (χ1n) is 9.05. The van der Waals surface area contributed by atoms with E-state index < -0.39 is 35.2 Å². The quantitative estimate of drug-likeness (QED) is 0.645. The summed E-state index contributed by atoms with van der Waals surface area (Å²) >= 11 is 0. The molecule has 1 aliphatic heterocycles. The Morgan fingerprint density at radius 3 is 2.48 bits per heavy atom. The summed E-state index contributed by atoms with van der Waals surface area (Å²) in [6.07, 6.45) is -1.52. The maximum absolute atomic E-state index is 14.6. The summed E-state index contributed by atoms with van der Waals surface area (Å²) in [6, 6.07) is 10.3. The van der Waals surface area contributed by atoms with Crippen molar-refractivity contribution in [1.82, 2.24) is 14.9 Å². The van der Waals surface area contributed by atoms with Gasteiger partial charge in [-0.05, 0) is 42.0 Å². The highest BCUT2D eigenvalue weighted by Gasteiger charge is 2.51. The molecule has 3 aromatic rings. The van der Waals surface area contributed by atoms with Crippen molar-refractivity contribution in [2.24, 2.45) is 10.7 Å². The fourth-order valence-corrected chi connectivity index (χ4v) is 3.43. The lowest BCUT2D eigenvalue weighted by Crippen LogP contribution is -2.41. The average molecular weight is 429 g/mol. The minimum absolute atomic E-state index is 0.112. The highest BCUT2D eigenvalue weighted by Crippen LogP contribution is 2.41. The van der Waals surface area contributed by atoms with Crippen LogP contribution in [0.4, 0.5) is 17.6 Å². The van der Waals surface area contributed by atoms with Crippen LogP contribution >= 0.6 is 0 Å². The largest absolute Gasteiger partial charge is 0.369 e. The lowest BCUT2D eigenvalue weighted by atomic mass is 9.84. The number of hydrogen-bond acceptors (Lipinski definition) is 5. The van der Waals surface area contributed by atoms with Gasteiger partial charge in [0.25, 0.3) is 12.3 Å². The van der Waals surface area contributed by atoms with E-state index in [9.17, 15) is 22.4 Å². The van der Waals surface area contributed by atoms with Gasteiger partial charge in [-0.25, -0.2) is 27.5 Å². The number of nitrogens with zero attached hydrogens (tertiary/aromatic N) is 4. The van der Waals surface area contributed by atoms with Crippen molar-refractivity contribution in [3.63, 3.8) is 0 Å². The molecule has 0 saturated carbocycles. The molecule has 1 atom stereocenters. The number of hydrogen-bond donors (Lipinski definition) is 1. The maximum Gasteiger partial charge on any atom is 0.280 e. The minimum atomic E-state index is -2.92. The highest BCUT2D eigenvalue weighted by molar-refractivity contribution is 6.08. The molecule has 10 heteroatoms. The third kappa shape index (κ3) is 3.20. The Morgan fingerprint density at radius 2 is 1.87 bits per heavy atom. The minimum Gasteiger partial charge on any atom is -0.369 e. The van der Waals surface area contributed by atoms with Crippen molar-refractivity contribution < 1.29 is 22.4 Å². The SMILES string of the molecule is CN1C(=O)C(c2cc(F)c(F)c(-c3ccccn3)c2)(c2cccc(C(F)F)n2)N=C1N. The summed E-state index contributed by atoms with van der Waals surface area (Å²) in [7, 11) is 1.33. The second-order valence-electron chi connectivity index (χ2n) is 6.83. The average Bonchev–Trinajstić information content (AvgIpc) is 3.01. The van der Waals surface area contributed by atoms with Crippen LogP contribution in [0.2, 0.25) is 0 Å². The van der Waals surface area contributed by atoms with Gasteiger partial charge in [0.05, 0.1) is 11.4 Å². The van der Waals surface area contributed by atoms with Gasteiger partial charge in [0.15, 0.2) is 17.6 Å². The van der Waals surface area contributed by atoms with Crippen molar-refractivity contribution in [2.45, 2.75) is 12.0 Å². The molecular weight excluding hydrogens is 414 g/mol.